The lowest BCUT2D eigenvalue weighted by atomic mass is 9.91. The highest BCUT2D eigenvalue weighted by Gasteiger charge is 2.22. The number of anilines is 2. The predicted molar refractivity (Wildman–Crippen MR) is 124 cm³/mol. The van der Waals surface area contributed by atoms with Crippen LogP contribution in [0.2, 0.25) is 0 Å². The molecule has 0 unspecified atom stereocenters. The van der Waals surface area contributed by atoms with Crippen molar-refractivity contribution < 1.29 is 4.79 Å². The quantitative estimate of drug-likeness (QED) is 0.659. The predicted octanol–water partition coefficient (Wildman–Crippen LogP) is 6.33. The molecule has 1 heterocycles. The van der Waals surface area contributed by atoms with Gasteiger partial charge in [0.05, 0.1) is 0 Å². The normalized spacial score (nSPS) is 14.3. The summed E-state index contributed by atoms with van der Waals surface area (Å²) in [5.41, 5.74) is 8.77. The van der Waals surface area contributed by atoms with Gasteiger partial charge in [-0.25, -0.2) is 0 Å². The Bertz CT molecular complexity index is 875. The molecule has 29 heavy (non-hydrogen) atoms. The lowest BCUT2D eigenvalue weighted by molar-refractivity contribution is -0.117. The minimum atomic E-state index is -0.0115. The first kappa shape index (κ1) is 21.4. The first-order chi connectivity index (χ1) is 13.6. The van der Waals surface area contributed by atoms with E-state index in [9.17, 15) is 4.79 Å². The Morgan fingerprint density at radius 1 is 1.07 bits per heavy atom. The number of carbonyl (C=O) groups is 1. The van der Waals surface area contributed by atoms with Gasteiger partial charge < -0.3 is 10.2 Å². The summed E-state index contributed by atoms with van der Waals surface area (Å²) < 4.78 is 0. The summed E-state index contributed by atoms with van der Waals surface area (Å²) in [7, 11) is 0. The van der Waals surface area contributed by atoms with Gasteiger partial charge in [0.15, 0.2) is 0 Å². The zero-order chi connectivity index (χ0) is 21.2. The molecule has 2 aromatic carbocycles. The van der Waals surface area contributed by atoms with E-state index in [1.807, 2.05) is 0 Å². The van der Waals surface area contributed by atoms with Crippen LogP contribution in [0.4, 0.5) is 11.4 Å². The summed E-state index contributed by atoms with van der Waals surface area (Å²) >= 11 is 0. The van der Waals surface area contributed by atoms with Crippen molar-refractivity contribution >= 4 is 17.3 Å². The summed E-state index contributed by atoms with van der Waals surface area (Å²) in [5, 5.41) is 3.22. The fraction of sp³-hybridized carbons (Fsp3) is 0.500. The van der Waals surface area contributed by atoms with Crippen molar-refractivity contribution in [3.63, 3.8) is 0 Å². The molecule has 0 atom stereocenters. The van der Waals surface area contributed by atoms with Gasteiger partial charge in [-0.2, -0.15) is 0 Å². The van der Waals surface area contributed by atoms with Crippen LogP contribution >= 0.6 is 0 Å². The van der Waals surface area contributed by atoms with Gasteiger partial charge in [-0.15, -0.1) is 0 Å². The smallest absolute Gasteiger partial charge is 0.224 e. The van der Waals surface area contributed by atoms with Crippen molar-refractivity contribution in [3.05, 3.63) is 58.1 Å². The summed E-state index contributed by atoms with van der Waals surface area (Å²) in [6.07, 6.45) is 4.00. The van der Waals surface area contributed by atoms with Crippen molar-refractivity contribution in [1.82, 2.24) is 0 Å². The van der Waals surface area contributed by atoms with Crippen LogP contribution in [-0.4, -0.2) is 12.5 Å². The van der Waals surface area contributed by atoms with Crippen LogP contribution in [0.15, 0.2) is 30.3 Å². The average Bonchev–Trinajstić information content (AvgIpc) is 2.82. The Kier molecular flexibility index (Phi) is 6.36. The molecular formula is C26H36N2O. The van der Waals surface area contributed by atoms with Crippen molar-refractivity contribution in [2.75, 3.05) is 16.8 Å². The lowest BCUT2D eigenvalue weighted by Crippen LogP contribution is -2.25. The highest BCUT2D eigenvalue weighted by atomic mass is 16.1. The molecule has 1 amide bonds. The maximum Gasteiger partial charge on any atom is 0.224 e. The Balaban J connectivity index is 1.91. The fourth-order valence-corrected chi connectivity index (χ4v) is 4.26. The SMILES string of the molecule is Cc1ccc(CN2CCCCc3c2cc(C)c(NC(=O)CC(C)(C)C)c3C)cc1. The first-order valence-corrected chi connectivity index (χ1v) is 10.9. The average molecular weight is 393 g/mol. The van der Waals surface area contributed by atoms with Crippen molar-refractivity contribution in [1.29, 1.82) is 0 Å². The van der Waals surface area contributed by atoms with E-state index in [0.29, 0.717) is 6.42 Å². The van der Waals surface area contributed by atoms with Crippen molar-refractivity contribution in [3.8, 4) is 0 Å². The van der Waals surface area contributed by atoms with Crippen LogP contribution in [0.1, 0.15) is 67.9 Å². The third-order valence-corrected chi connectivity index (χ3v) is 5.78. The minimum Gasteiger partial charge on any atom is -0.367 e. The molecule has 0 aliphatic carbocycles. The third kappa shape index (κ3) is 5.41. The second-order valence-electron chi connectivity index (χ2n) is 9.84. The van der Waals surface area contributed by atoms with Crippen LogP contribution < -0.4 is 10.2 Å². The van der Waals surface area contributed by atoms with Crippen LogP contribution in [-0.2, 0) is 17.8 Å². The van der Waals surface area contributed by atoms with E-state index in [0.717, 1.165) is 30.8 Å². The van der Waals surface area contributed by atoms with Gasteiger partial charge in [0.1, 0.15) is 0 Å². The molecule has 0 fully saturated rings. The van der Waals surface area contributed by atoms with Gasteiger partial charge in [0, 0.05) is 30.9 Å². The van der Waals surface area contributed by atoms with E-state index in [-0.39, 0.29) is 11.3 Å². The largest absolute Gasteiger partial charge is 0.367 e. The van der Waals surface area contributed by atoms with Crippen molar-refractivity contribution in [2.45, 2.75) is 73.8 Å². The molecule has 1 aliphatic rings. The van der Waals surface area contributed by atoms with Gasteiger partial charge in [0.25, 0.3) is 0 Å². The monoisotopic (exact) mass is 392 g/mol. The zero-order valence-electron chi connectivity index (χ0n) is 19.0. The number of carbonyl (C=O) groups excluding carboxylic acids is 1. The fourth-order valence-electron chi connectivity index (χ4n) is 4.26. The first-order valence-electron chi connectivity index (χ1n) is 10.9. The van der Waals surface area contributed by atoms with Gasteiger partial charge in [-0.3, -0.25) is 4.79 Å². The molecule has 1 N–H and O–H groups in total. The number of rotatable bonds is 4. The molecule has 0 radical (unpaired) electrons. The number of amides is 1. The number of nitrogens with zero attached hydrogens (tertiary/aromatic N) is 1. The summed E-state index contributed by atoms with van der Waals surface area (Å²) in [5.74, 6) is 0.105. The van der Waals surface area contributed by atoms with E-state index in [1.54, 1.807) is 0 Å². The standard InChI is InChI=1S/C26H36N2O/c1-18-10-12-21(13-11-18)17-28-14-8-7-9-22-20(3)25(19(2)15-23(22)28)27-24(29)16-26(4,5)6/h10-13,15H,7-9,14,16-17H2,1-6H3,(H,27,29). The molecule has 0 spiro atoms. The minimum absolute atomic E-state index is 0.0115. The second kappa shape index (κ2) is 8.61. The van der Waals surface area contributed by atoms with E-state index < -0.39 is 0 Å². The molecule has 0 bridgehead atoms. The van der Waals surface area contributed by atoms with E-state index in [2.05, 4.69) is 82.1 Å². The molecule has 0 saturated heterocycles. The molecule has 3 heteroatoms. The Hall–Kier alpha value is -2.29. The van der Waals surface area contributed by atoms with Crippen molar-refractivity contribution in [2.24, 2.45) is 5.41 Å². The topological polar surface area (TPSA) is 32.3 Å². The molecule has 3 rings (SSSR count). The second-order valence-corrected chi connectivity index (χ2v) is 9.84. The third-order valence-electron chi connectivity index (χ3n) is 5.78. The zero-order valence-corrected chi connectivity index (χ0v) is 19.0. The highest BCUT2D eigenvalue weighted by molar-refractivity contribution is 5.93. The molecule has 2 aromatic rings. The Labute approximate surface area is 176 Å². The molecule has 0 saturated carbocycles. The summed E-state index contributed by atoms with van der Waals surface area (Å²) in [4.78, 5) is 15.1. The molecule has 1 aliphatic heterocycles. The number of hydrogen-bond acceptors (Lipinski definition) is 2. The molecule has 3 nitrogen and oxygen atoms in total. The Morgan fingerprint density at radius 2 is 1.76 bits per heavy atom. The van der Waals surface area contributed by atoms with Crippen LogP contribution in [0.25, 0.3) is 0 Å². The van der Waals surface area contributed by atoms with Crippen LogP contribution in [0.3, 0.4) is 0 Å². The summed E-state index contributed by atoms with van der Waals surface area (Å²) in [6, 6.07) is 11.1. The van der Waals surface area contributed by atoms with E-state index in [4.69, 9.17) is 0 Å². The number of fused-ring (bicyclic) bond motifs is 1. The van der Waals surface area contributed by atoms with E-state index in [1.165, 1.54) is 40.8 Å². The summed E-state index contributed by atoms with van der Waals surface area (Å²) in [6.45, 7) is 14.7. The number of benzene rings is 2. The van der Waals surface area contributed by atoms with Gasteiger partial charge in [0.2, 0.25) is 5.91 Å². The maximum atomic E-state index is 12.6. The van der Waals surface area contributed by atoms with Gasteiger partial charge >= 0.3 is 0 Å². The number of nitrogens with one attached hydrogen (secondary N) is 1. The highest BCUT2D eigenvalue weighted by Crippen LogP contribution is 2.37. The molecule has 156 valence electrons. The number of aryl methyl sites for hydroxylation is 2. The van der Waals surface area contributed by atoms with Gasteiger partial charge in [-0.1, -0.05) is 50.6 Å². The molecule has 0 aromatic heterocycles. The van der Waals surface area contributed by atoms with Gasteiger partial charge in [-0.05, 0) is 73.8 Å². The maximum absolute atomic E-state index is 12.6. The van der Waals surface area contributed by atoms with E-state index >= 15 is 0 Å². The Morgan fingerprint density at radius 3 is 2.41 bits per heavy atom. The lowest BCUT2D eigenvalue weighted by Gasteiger charge is -2.28. The van der Waals surface area contributed by atoms with Crippen LogP contribution in [0.5, 0.6) is 0 Å². The number of hydrogen-bond donors (Lipinski definition) is 1. The van der Waals surface area contributed by atoms with Crippen LogP contribution in [0, 0.1) is 26.2 Å². The molecular weight excluding hydrogens is 356 g/mol.